The van der Waals surface area contributed by atoms with Crippen molar-refractivity contribution in [2.45, 2.75) is 12.8 Å². The number of allylic oxidation sites excluding steroid dienone is 4. The first-order chi connectivity index (χ1) is 9.42. The van der Waals surface area contributed by atoms with Crippen LogP contribution < -0.4 is 5.32 Å². The van der Waals surface area contributed by atoms with Crippen molar-refractivity contribution in [2.75, 3.05) is 5.32 Å². The molecule has 1 aliphatic rings. The van der Waals surface area contributed by atoms with Gasteiger partial charge in [0.1, 0.15) is 0 Å². The molecule has 0 bridgehead atoms. The fourth-order valence-corrected chi connectivity index (χ4v) is 2.30. The summed E-state index contributed by atoms with van der Waals surface area (Å²) < 4.78 is 0. The first kappa shape index (κ1) is 11.8. The van der Waals surface area contributed by atoms with E-state index < -0.39 is 0 Å². The molecule has 0 aliphatic heterocycles. The highest BCUT2D eigenvalue weighted by atomic mass is 14.9. The van der Waals surface area contributed by atoms with Crippen molar-refractivity contribution in [3.05, 3.63) is 78.4 Å². The van der Waals surface area contributed by atoms with Crippen LogP contribution in [0.4, 0.5) is 11.4 Å². The standard InChI is InChI=1S/C18H17N/c1-3-7-15(8-4-1)16-11-13-18(14-12-16)19-17-9-5-2-6-10-17/h1-3,5-7,9-14,19H,4,8H2. The van der Waals surface area contributed by atoms with Gasteiger partial charge < -0.3 is 5.32 Å². The first-order valence-electron chi connectivity index (χ1n) is 6.70. The Morgan fingerprint density at radius 1 is 0.789 bits per heavy atom. The molecule has 94 valence electrons. The second-order valence-electron chi connectivity index (χ2n) is 4.73. The Labute approximate surface area is 114 Å². The molecular formula is C18H17N. The van der Waals surface area contributed by atoms with E-state index in [1.54, 1.807) is 0 Å². The lowest BCUT2D eigenvalue weighted by molar-refractivity contribution is 1.05. The number of anilines is 2. The Morgan fingerprint density at radius 3 is 2.21 bits per heavy atom. The van der Waals surface area contributed by atoms with Gasteiger partial charge in [-0.3, -0.25) is 0 Å². The fraction of sp³-hybridized carbons (Fsp3) is 0.111. The van der Waals surface area contributed by atoms with Crippen LogP contribution in [0.15, 0.2) is 72.8 Å². The minimum Gasteiger partial charge on any atom is -0.356 e. The van der Waals surface area contributed by atoms with Gasteiger partial charge in [-0.15, -0.1) is 0 Å². The maximum atomic E-state index is 3.40. The van der Waals surface area contributed by atoms with Crippen LogP contribution in [0.5, 0.6) is 0 Å². The highest BCUT2D eigenvalue weighted by Gasteiger charge is 2.03. The van der Waals surface area contributed by atoms with Gasteiger partial charge in [-0.05, 0) is 48.2 Å². The van der Waals surface area contributed by atoms with Crippen molar-refractivity contribution >= 4 is 16.9 Å². The Bertz CT molecular complexity index is 591. The molecule has 3 rings (SSSR count). The average molecular weight is 247 g/mol. The van der Waals surface area contributed by atoms with E-state index in [1.807, 2.05) is 18.2 Å². The minimum absolute atomic E-state index is 1.12. The molecule has 0 atom stereocenters. The zero-order valence-electron chi connectivity index (χ0n) is 10.8. The number of rotatable bonds is 3. The minimum atomic E-state index is 1.12. The summed E-state index contributed by atoms with van der Waals surface area (Å²) in [5, 5.41) is 3.40. The lowest BCUT2D eigenvalue weighted by atomic mass is 9.97. The van der Waals surface area contributed by atoms with Crippen LogP contribution in [0.25, 0.3) is 5.57 Å². The van der Waals surface area contributed by atoms with E-state index in [0.29, 0.717) is 0 Å². The summed E-state index contributed by atoms with van der Waals surface area (Å²) >= 11 is 0. The highest BCUT2D eigenvalue weighted by Crippen LogP contribution is 2.25. The van der Waals surface area contributed by atoms with Crippen molar-refractivity contribution in [1.29, 1.82) is 0 Å². The van der Waals surface area contributed by atoms with Crippen LogP contribution in [0.3, 0.4) is 0 Å². The molecule has 0 saturated heterocycles. The molecule has 0 heterocycles. The van der Waals surface area contributed by atoms with Crippen molar-refractivity contribution in [1.82, 2.24) is 0 Å². The second-order valence-corrected chi connectivity index (χ2v) is 4.73. The van der Waals surface area contributed by atoms with E-state index in [-0.39, 0.29) is 0 Å². The zero-order chi connectivity index (χ0) is 12.9. The van der Waals surface area contributed by atoms with E-state index in [4.69, 9.17) is 0 Å². The molecule has 0 spiro atoms. The van der Waals surface area contributed by atoms with E-state index >= 15 is 0 Å². The molecule has 2 aromatic carbocycles. The molecule has 1 heteroatoms. The largest absolute Gasteiger partial charge is 0.356 e. The van der Waals surface area contributed by atoms with E-state index in [0.717, 1.165) is 24.2 Å². The van der Waals surface area contributed by atoms with Gasteiger partial charge in [0.05, 0.1) is 0 Å². The Hall–Kier alpha value is -2.28. The first-order valence-corrected chi connectivity index (χ1v) is 6.70. The van der Waals surface area contributed by atoms with Gasteiger partial charge in [0.2, 0.25) is 0 Å². The molecule has 0 fully saturated rings. The Morgan fingerprint density at radius 2 is 1.53 bits per heavy atom. The van der Waals surface area contributed by atoms with Crippen molar-refractivity contribution in [2.24, 2.45) is 0 Å². The lowest BCUT2D eigenvalue weighted by Gasteiger charge is -2.11. The zero-order valence-corrected chi connectivity index (χ0v) is 10.8. The lowest BCUT2D eigenvalue weighted by Crippen LogP contribution is -1.91. The van der Waals surface area contributed by atoms with Crippen LogP contribution >= 0.6 is 0 Å². The smallest absolute Gasteiger partial charge is 0.0384 e. The van der Waals surface area contributed by atoms with Gasteiger partial charge in [-0.25, -0.2) is 0 Å². The molecule has 2 aromatic rings. The van der Waals surface area contributed by atoms with Crippen LogP contribution in [-0.4, -0.2) is 0 Å². The Balaban J connectivity index is 1.76. The monoisotopic (exact) mass is 247 g/mol. The number of benzene rings is 2. The summed E-state index contributed by atoms with van der Waals surface area (Å²) in [6.07, 6.45) is 8.87. The molecular weight excluding hydrogens is 230 g/mol. The summed E-state index contributed by atoms with van der Waals surface area (Å²) in [6, 6.07) is 18.9. The molecule has 1 N–H and O–H groups in total. The van der Waals surface area contributed by atoms with Crippen LogP contribution in [0, 0.1) is 0 Å². The molecule has 1 nitrogen and oxygen atoms in total. The number of para-hydroxylation sites is 1. The van der Waals surface area contributed by atoms with E-state index in [1.165, 1.54) is 11.1 Å². The third-order valence-electron chi connectivity index (χ3n) is 3.33. The molecule has 0 radical (unpaired) electrons. The third-order valence-corrected chi connectivity index (χ3v) is 3.33. The number of hydrogen-bond acceptors (Lipinski definition) is 1. The normalized spacial score (nSPS) is 14.0. The van der Waals surface area contributed by atoms with Crippen molar-refractivity contribution in [3.63, 3.8) is 0 Å². The quantitative estimate of drug-likeness (QED) is 0.789. The second kappa shape index (κ2) is 5.57. The van der Waals surface area contributed by atoms with Crippen LogP contribution in [0.1, 0.15) is 18.4 Å². The molecule has 0 aromatic heterocycles. The average Bonchev–Trinajstić information content (AvgIpc) is 2.50. The summed E-state index contributed by atoms with van der Waals surface area (Å²) in [4.78, 5) is 0. The Kier molecular flexibility index (Phi) is 3.46. The molecule has 1 aliphatic carbocycles. The van der Waals surface area contributed by atoms with Crippen LogP contribution in [-0.2, 0) is 0 Å². The topological polar surface area (TPSA) is 12.0 Å². The molecule has 0 saturated carbocycles. The molecule has 19 heavy (non-hydrogen) atoms. The summed E-state index contributed by atoms with van der Waals surface area (Å²) in [6.45, 7) is 0. The van der Waals surface area contributed by atoms with Gasteiger partial charge in [0.15, 0.2) is 0 Å². The third kappa shape index (κ3) is 2.94. The highest BCUT2D eigenvalue weighted by molar-refractivity contribution is 5.70. The van der Waals surface area contributed by atoms with Crippen molar-refractivity contribution in [3.8, 4) is 0 Å². The van der Waals surface area contributed by atoms with Gasteiger partial charge in [0.25, 0.3) is 0 Å². The molecule has 0 amide bonds. The van der Waals surface area contributed by atoms with Crippen LogP contribution in [0.2, 0.25) is 0 Å². The maximum absolute atomic E-state index is 3.40. The fourth-order valence-electron chi connectivity index (χ4n) is 2.30. The van der Waals surface area contributed by atoms with E-state index in [2.05, 4.69) is 59.9 Å². The SMILES string of the molecule is C1=CCCC(c2ccc(Nc3ccccc3)cc2)=C1. The summed E-state index contributed by atoms with van der Waals surface area (Å²) in [5.41, 5.74) is 4.99. The maximum Gasteiger partial charge on any atom is 0.0384 e. The van der Waals surface area contributed by atoms with Gasteiger partial charge in [0, 0.05) is 11.4 Å². The predicted molar refractivity (Wildman–Crippen MR) is 82.5 cm³/mol. The number of nitrogens with one attached hydrogen (secondary N) is 1. The summed E-state index contributed by atoms with van der Waals surface area (Å²) in [7, 11) is 0. The summed E-state index contributed by atoms with van der Waals surface area (Å²) in [5.74, 6) is 0. The predicted octanol–water partition coefficient (Wildman–Crippen LogP) is 5.16. The number of hydrogen-bond donors (Lipinski definition) is 1. The van der Waals surface area contributed by atoms with Gasteiger partial charge in [-0.1, -0.05) is 48.6 Å². The van der Waals surface area contributed by atoms with Gasteiger partial charge in [-0.2, -0.15) is 0 Å². The van der Waals surface area contributed by atoms with E-state index in [9.17, 15) is 0 Å². The van der Waals surface area contributed by atoms with Gasteiger partial charge >= 0.3 is 0 Å². The van der Waals surface area contributed by atoms with Crippen molar-refractivity contribution < 1.29 is 0 Å². The molecule has 0 unspecified atom stereocenters.